The molecule has 0 unspecified atom stereocenters. The maximum absolute atomic E-state index is 10.4. The van der Waals surface area contributed by atoms with Crippen molar-refractivity contribution in [3.05, 3.63) is 0 Å². The second kappa shape index (κ2) is 7.24. The smallest absolute Gasteiger partial charge is 0.0425 e. The predicted octanol–water partition coefficient (Wildman–Crippen LogP) is 4.30. The molecule has 0 aliphatic carbocycles. The summed E-state index contributed by atoms with van der Waals surface area (Å²) in [6.45, 7) is 15.6. The average molecular weight is 284 g/mol. The van der Waals surface area contributed by atoms with Crippen LogP contribution < -0.4 is 0 Å². The Morgan fingerprint density at radius 3 is 1.70 bits per heavy atom. The Morgan fingerprint density at radius 1 is 0.950 bits per heavy atom. The topological polar surface area (TPSA) is 26.7 Å². The molecule has 1 rings (SSSR count). The summed E-state index contributed by atoms with van der Waals surface area (Å²) in [5.41, 5.74) is -0.272. The molecule has 0 saturated carbocycles. The van der Waals surface area contributed by atoms with Crippen LogP contribution in [0.3, 0.4) is 0 Å². The highest BCUT2D eigenvalue weighted by atomic mass is 16.5. The minimum absolute atomic E-state index is 0.136. The van der Waals surface area contributed by atoms with Gasteiger partial charge < -0.3 is 10.1 Å². The molecule has 0 aromatic heterocycles. The fourth-order valence-electron chi connectivity index (χ4n) is 3.68. The van der Waals surface area contributed by atoms with E-state index < -0.39 is 0 Å². The molecule has 1 N–H and O–H groups in total. The zero-order chi connectivity index (χ0) is 15.4. The number of rotatable bonds is 7. The molecule has 120 valence electrons. The van der Waals surface area contributed by atoms with Crippen molar-refractivity contribution < 1.29 is 5.21 Å². The van der Waals surface area contributed by atoms with Crippen molar-refractivity contribution in [3.63, 3.8) is 0 Å². The van der Waals surface area contributed by atoms with Gasteiger partial charge in [-0.25, -0.2) is 0 Å². The van der Waals surface area contributed by atoms with Crippen molar-refractivity contribution in [3.8, 4) is 0 Å². The molecule has 0 aromatic rings. The van der Waals surface area contributed by atoms with E-state index in [1.807, 2.05) is 0 Å². The molecule has 1 saturated heterocycles. The molecule has 20 heavy (non-hydrogen) atoms. The zero-order valence-electron chi connectivity index (χ0n) is 14.6. The van der Waals surface area contributed by atoms with Crippen molar-refractivity contribution in [2.24, 2.45) is 0 Å². The minimum atomic E-state index is -0.136. The first-order valence-electron chi connectivity index (χ1n) is 8.48. The van der Waals surface area contributed by atoms with Crippen molar-refractivity contribution in [2.45, 2.75) is 97.2 Å². The Bertz CT molecular complexity index is 263. The first kappa shape index (κ1) is 17.9. The third-order valence-electron chi connectivity index (χ3n) is 4.73. The Hall–Kier alpha value is -0.120. The lowest BCUT2D eigenvalue weighted by atomic mass is 9.78. The molecular weight excluding hydrogens is 248 g/mol. The highest BCUT2D eigenvalue weighted by molar-refractivity contribution is 4.99. The van der Waals surface area contributed by atoms with E-state index in [-0.39, 0.29) is 11.1 Å². The second-order valence-corrected chi connectivity index (χ2v) is 7.74. The summed E-state index contributed by atoms with van der Waals surface area (Å²) in [7, 11) is 0. The van der Waals surface area contributed by atoms with Crippen molar-refractivity contribution in [1.29, 1.82) is 0 Å². The number of nitrogens with zero attached hydrogens (tertiary/aromatic N) is 2. The van der Waals surface area contributed by atoms with E-state index in [1.165, 1.54) is 38.8 Å². The molecule has 0 bridgehead atoms. The van der Waals surface area contributed by atoms with Gasteiger partial charge in [-0.2, -0.15) is 5.06 Å². The van der Waals surface area contributed by atoms with Gasteiger partial charge in [-0.15, -0.1) is 0 Å². The number of piperidine rings is 1. The Balaban J connectivity index is 2.79. The molecule has 1 heterocycles. The van der Waals surface area contributed by atoms with Crippen LogP contribution in [-0.4, -0.2) is 45.4 Å². The quantitative estimate of drug-likeness (QED) is 0.755. The van der Waals surface area contributed by atoms with Crippen LogP contribution in [0.25, 0.3) is 0 Å². The summed E-state index contributed by atoms with van der Waals surface area (Å²) in [4.78, 5) is 2.68. The minimum Gasteiger partial charge on any atom is -0.313 e. The van der Waals surface area contributed by atoms with Gasteiger partial charge in [0, 0.05) is 17.1 Å². The van der Waals surface area contributed by atoms with Crippen molar-refractivity contribution in [1.82, 2.24) is 9.96 Å². The van der Waals surface area contributed by atoms with Gasteiger partial charge in [0.05, 0.1) is 0 Å². The van der Waals surface area contributed by atoms with Crippen LogP contribution in [0, 0.1) is 0 Å². The zero-order valence-corrected chi connectivity index (χ0v) is 14.6. The van der Waals surface area contributed by atoms with E-state index in [1.54, 1.807) is 5.06 Å². The normalized spacial score (nSPS) is 23.4. The van der Waals surface area contributed by atoms with Crippen LogP contribution in [-0.2, 0) is 0 Å². The molecule has 1 aliphatic rings. The monoisotopic (exact) mass is 284 g/mol. The highest BCUT2D eigenvalue weighted by Crippen LogP contribution is 2.38. The lowest BCUT2D eigenvalue weighted by Crippen LogP contribution is -2.63. The summed E-state index contributed by atoms with van der Waals surface area (Å²) in [6.07, 6.45) is 7.19. The lowest BCUT2D eigenvalue weighted by Gasteiger charge is -2.53. The van der Waals surface area contributed by atoms with Gasteiger partial charge in [0.1, 0.15) is 0 Å². The SMILES string of the molecule is CCCCN(CCCC)C1CC(C)(C)N(O)C(C)(C)C1. The molecule has 1 aliphatic heterocycles. The Labute approximate surface area is 126 Å². The maximum atomic E-state index is 10.4. The summed E-state index contributed by atoms with van der Waals surface area (Å²) in [5, 5.41) is 12.0. The lowest BCUT2D eigenvalue weighted by molar-refractivity contribution is -0.252. The molecule has 0 amide bonds. The summed E-state index contributed by atoms with van der Waals surface area (Å²) < 4.78 is 0. The first-order chi connectivity index (χ1) is 9.24. The van der Waals surface area contributed by atoms with Crippen LogP contribution in [0.4, 0.5) is 0 Å². The predicted molar refractivity (Wildman–Crippen MR) is 86.2 cm³/mol. The Morgan fingerprint density at radius 2 is 1.35 bits per heavy atom. The van der Waals surface area contributed by atoms with E-state index in [2.05, 4.69) is 46.4 Å². The second-order valence-electron chi connectivity index (χ2n) is 7.74. The molecule has 3 heteroatoms. The van der Waals surface area contributed by atoms with E-state index in [0.29, 0.717) is 6.04 Å². The molecule has 3 nitrogen and oxygen atoms in total. The van der Waals surface area contributed by atoms with Gasteiger partial charge in [0.2, 0.25) is 0 Å². The number of unbranched alkanes of at least 4 members (excludes halogenated alkanes) is 2. The van der Waals surface area contributed by atoms with Crippen LogP contribution in [0.5, 0.6) is 0 Å². The van der Waals surface area contributed by atoms with Gasteiger partial charge in [-0.3, -0.25) is 0 Å². The van der Waals surface area contributed by atoms with Gasteiger partial charge in [-0.1, -0.05) is 26.7 Å². The highest BCUT2D eigenvalue weighted by Gasteiger charge is 2.46. The number of hydrogen-bond donors (Lipinski definition) is 1. The van der Waals surface area contributed by atoms with Crippen LogP contribution in [0.15, 0.2) is 0 Å². The van der Waals surface area contributed by atoms with Crippen molar-refractivity contribution >= 4 is 0 Å². The van der Waals surface area contributed by atoms with Gasteiger partial charge in [0.15, 0.2) is 0 Å². The molecule has 0 radical (unpaired) electrons. The van der Waals surface area contributed by atoms with Gasteiger partial charge in [-0.05, 0) is 66.5 Å². The van der Waals surface area contributed by atoms with Crippen LogP contribution in [0.2, 0.25) is 0 Å². The largest absolute Gasteiger partial charge is 0.313 e. The molecular formula is C17H36N2O. The average Bonchev–Trinajstić information content (AvgIpc) is 2.35. The molecule has 0 atom stereocenters. The van der Waals surface area contributed by atoms with E-state index in [9.17, 15) is 5.21 Å². The van der Waals surface area contributed by atoms with Crippen LogP contribution >= 0.6 is 0 Å². The van der Waals surface area contributed by atoms with Gasteiger partial charge >= 0.3 is 0 Å². The number of hydrogen-bond acceptors (Lipinski definition) is 3. The molecule has 0 spiro atoms. The van der Waals surface area contributed by atoms with E-state index in [4.69, 9.17) is 0 Å². The van der Waals surface area contributed by atoms with E-state index in [0.717, 1.165) is 12.8 Å². The third-order valence-corrected chi connectivity index (χ3v) is 4.73. The summed E-state index contributed by atoms with van der Waals surface area (Å²) >= 11 is 0. The first-order valence-corrected chi connectivity index (χ1v) is 8.48. The molecule has 0 aromatic carbocycles. The molecule has 1 fully saturated rings. The maximum Gasteiger partial charge on any atom is 0.0425 e. The summed E-state index contributed by atoms with van der Waals surface area (Å²) in [6, 6.07) is 0.599. The fourth-order valence-corrected chi connectivity index (χ4v) is 3.68. The Kier molecular flexibility index (Phi) is 6.49. The fraction of sp³-hybridized carbons (Fsp3) is 1.00. The third kappa shape index (κ3) is 4.44. The van der Waals surface area contributed by atoms with Crippen LogP contribution in [0.1, 0.15) is 80.1 Å². The summed E-state index contributed by atoms with van der Waals surface area (Å²) in [5.74, 6) is 0. The van der Waals surface area contributed by atoms with Crippen molar-refractivity contribution in [2.75, 3.05) is 13.1 Å². The van der Waals surface area contributed by atoms with Gasteiger partial charge in [0.25, 0.3) is 0 Å². The number of hydroxylamine groups is 2. The standard InChI is InChI=1S/C17H36N2O/c1-7-9-11-18(12-10-8-2)15-13-16(3,4)19(20)17(5,6)14-15/h15,20H,7-14H2,1-6H3. The van der Waals surface area contributed by atoms with E-state index >= 15 is 0 Å².